The Labute approximate surface area is 207 Å². The zero-order valence-electron chi connectivity index (χ0n) is 19.4. The minimum Gasteiger partial charge on any atom is -0.422 e. The summed E-state index contributed by atoms with van der Waals surface area (Å²) in [6, 6.07) is 14.7. The van der Waals surface area contributed by atoms with E-state index in [1.165, 1.54) is 39.9 Å². The molecule has 0 unspecified atom stereocenters. The van der Waals surface area contributed by atoms with Gasteiger partial charge in [-0.25, -0.2) is 18.2 Å². The molecule has 10 heteroatoms. The first-order chi connectivity index (χ1) is 16.8. The molecule has 2 heterocycles. The molecular formula is C25H25N3O5S2. The van der Waals surface area contributed by atoms with Crippen molar-refractivity contribution in [2.75, 3.05) is 18.4 Å². The SMILES string of the molecule is CCCN(CCC)S(=O)(=O)c1ccc(C(=O)Nc2nc(-c3cc4ccccc4oc3=O)cs2)cc1. The van der Waals surface area contributed by atoms with E-state index in [4.69, 9.17) is 4.42 Å². The van der Waals surface area contributed by atoms with Gasteiger partial charge in [0.1, 0.15) is 5.58 Å². The van der Waals surface area contributed by atoms with Gasteiger partial charge in [-0.2, -0.15) is 4.31 Å². The van der Waals surface area contributed by atoms with Crippen molar-refractivity contribution in [2.45, 2.75) is 31.6 Å². The molecule has 1 N–H and O–H groups in total. The Kier molecular flexibility index (Phi) is 7.44. The number of sulfonamides is 1. The van der Waals surface area contributed by atoms with Gasteiger partial charge in [0.05, 0.1) is 16.2 Å². The summed E-state index contributed by atoms with van der Waals surface area (Å²) in [5.74, 6) is -0.431. The molecule has 0 aliphatic rings. The summed E-state index contributed by atoms with van der Waals surface area (Å²) in [5, 5.41) is 5.45. The van der Waals surface area contributed by atoms with Crippen LogP contribution in [-0.2, 0) is 10.0 Å². The molecule has 35 heavy (non-hydrogen) atoms. The lowest BCUT2D eigenvalue weighted by Crippen LogP contribution is -2.32. The van der Waals surface area contributed by atoms with Gasteiger partial charge in [0.15, 0.2) is 5.13 Å². The van der Waals surface area contributed by atoms with E-state index in [2.05, 4.69) is 10.3 Å². The van der Waals surface area contributed by atoms with Crippen LogP contribution in [-0.4, -0.2) is 36.7 Å². The maximum Gasteiger partial charge on any atom is 0.345 e. The van der Waals surface area contributed by atoms with Crippen molar-refractivity contribution in [3.05, 3.63) is 76.0 Å². The molecule has 0 radical (unpaired) electrons. The van der Waals surface area contributed by atoms with E-state index < -0.39 is 21.6 Å². The molecule has 4 rings (SSSR count). The number of benzene rings is 2. The smallest absolute Gasteiger partial charge is 0.345 e. The number of amides is 1. The summed E-state index contributed by atoms with van der Waals surface area (Å²) < 4.78 is 32.7. The molecule has 0 bridgehead atoms. The number of para-hydroxylation sites is 1. The van der Waals surface area contributed by atoms with Crippen LogP contribution in [0.4, 0.5) is 5.13 Å². The Morgan fingerprint density at radius 2 is 1.74 bits per heavy atom. The van der Waals surface area contributed by atoms with Crippen LogP contribution in [0.1, 0.15) is 37.0 Å². The number of rotatable bonds is 9. The standard InChI is InChI=1S/C25H25N3O5S2/c1-3-13-28(14-4-2)35(31,32)19-11-9-17(10-12-19)23(29)27-25-26-21(16-34-25)20-15-18-7-5-6-8-22(18)33-24(20)30/h5-12,15-16H,3-4,13-14H2,1-2H3,(H,26,27,29). The van der Waals surface area contributed by atoms with Crippen molar-refractivity contribution in [1.82, 2.24) is 9.29 Å². The summed E-state index contributed by atoms with van der Waals surface area (Å²) in [5.41, 5.74) is 0.979. The van der Waals surface area contributed by atoms with Gasteiger partial charge in [-0.05, 0) is 49.2 Å². The highest BCUT2D eigenvalue weighted by molar-refractivity contribution is 7.89. The number of aromatic nitrogens is 1. The first-order valence-corrected chi connectivity index (χ1v) is 13.6. The predicted octanol–water partition coefficient (Wildman–Crippen LogP) is 4.98. The lowest BCUT2D eigenvalue weighted by molar-refractivity contribution is 0.102. The molecule has 0 aliphatic heterocycles. The van der Waals surface area contributed by atoms with Gasteiger partial charge in [0.2, 0.25) is 10.0 Å². The van der Waals surface area contributed by atoms with Gasteiger partial charge in [0.25, 0.3) is 5.91 Å². The third-order valence-electron chi connectivity index (χ3n) is 5.34. The molecule has 8 nitrogen and oxygen atoms in total. The van der Waals surface area contributed by atoms with Crippen LogP contribution in [0.25, 0.3) is 22.2 Å². The minimum atomic E-state index is -3.62. The number of hydrogen-bond donors (Lipinski definition) is 1. The number of hydrogen-bond acceptors (Lipinski definition) is 7. The predicted molar refractivity (Wildman–Crippen MR) is 137 cm³/mol. The number of fused-ring (bicyclic) bond motifs is 1. The molecule has 4 aromatic rings. The second-order valence-electron chi connectivity index (χ2n) is 7.91. The summed E-state index contributed by atoms with van der Waals surface area (Å²) in [4.78, 5) is 29.6. The summed E-state index contributed by atoms with van der Waals surface area (Å²) in [6.45, 7) is 4.76. The van der Waals surface area contributed by atoms with Crippen LogP contribution in [0, 0.1) is 0 Å². The van der Waals surface area contributed by atoms with Crippen molar-refractivity contribution in [3.8, 4) is 11.3 Å². The molecule has 0 atom stereocenters. The fourth-order valence-corrected chi connectivity index (χ4v) is 5.97. The van der Waals surface area contributed by atoms with Crippen molar-refractivity contribution >= 4 is 43.4 Å². The van der Waals surface area contributed by atoms with Gasteiger partial charge in [-0.3, -0.25) is 10.1 Å². The van der Waals surface area contributed by atoms with Crippen molar-refractivity contribution in [1.29, 1.82) is 0 Å². The Morgan fingerprint density at radius 1 is 1.06 bits per heavy atom. The molecule has 0 saturated heterocycles. The van der Waals surface area contributed by atoms with E-state index in [1.807, 2.05) is 26.0 Å². The maximum atomic E-state index is 12.9. The van der Waals surface area contributed by atoms with E-state index in [9.17, 15) is 18.0 Å². The molecule has 0 aliphatic carbocycles. The fraction of sp³-hybridized carbons (Fsp3) is 0.240. The number of thiazole rings is 1. The normalized spacial score (nSPS) is 11.7. The van der Waals surface area contributed by atoms with Crippen LogP contribution in [0.3, 0.4) is 0 Å². The fourth-order valence-electron chi connectivity index (χ4n) is 3.64. The third kappa shape index (κ3) is 5.34. The van der Waals surface area contributed by atoms with Gasteiger partial charge >= 0.3 is 5.63 Å². The molecule has 0 spiro atoms. The first kappa shape index (κ1) is 24.8. The average Bonchev–Trinajstić information content (AvgIpc) is 3.31. The van der Waals surface area contributed by atoms with E-state index in [0.29, 0.717) is 40.6 Å². The largest absolute Gasteiger partial charge is 0.422 e. The second kappa shape index (κ2) is 10.5. The quantitative estimate of drug-likeness (QED) is 0.318. The van der Waals surface area contributed by atoms with E-state index in [1.54, 1.807) is 23.6 Å². The lowest BCUT2D eigenvalue weighted by atomic mass is 10.1. The molecule has 182 valence electrons. The first-order valence-electron chi connectivity index (χ1n) is 11.2. The van der Waals surface area contributed by atoms with E-state index in [-0.39, 0.29) is 4.90 Å². The van der Waals surface area contributed by atoms with Crippen molar-refractivity contribution < 1.29 is 17.6 Å². The highest BCUT2D eigenvalue weighted by Gasteiger charge is 2.23. The highest BCUT2D eigenvalue weighted by atomic mass is 32.2. The number of carbonyl (C=O) groups is 1. The molecule has 2 aromatic heterocycles. The van der Waals surface area contributed by atoms with Crippen LogP contribution >= 0.6 is 11.3 Å². The van der Waals surface area contributed by atoms with Gasteiger partial charge in [-0.1, -0.05) is 32.0 Å². The van der Waals surface area contributed by atoms with Gasteiger partial charge < -0.3 is 4.42 Å². The van der Waals surface area contributed by atoms with Gasteiger partial charge in [-0.15, -0.1) is 11.3 Å². The Morgan fingerprint density at radius 3 is 2.43 bits per heavy atom. The second-order valence-corrected chi connectivity index (χ2v) is 10.7. The molecule has 0 saturated carbocycles. The van der Waals surface area contributed by atoms with Crippen molar-refractivity contribution in [2.24, 2.45) is 0 Å². The molecule has 2 aromatic carbocycles. The summed E-state index contributed by atoms with van der Waals surface area (Å²) in [6.07, 6.45) is 1.44. The lowest BCUT2D eigenvalue weighted by Gasteiger charge is -2.21. The maximum absolute atomic E-state index is 12.9. The number of carbonyl (C=O) groups excluding carboxylic acids is 1. The zero-order valence-corrected chi connectivity index (χ0v) is 21.0. The van der Waals surface area contributed by atoms with E-state index in [0.717, 1.165) is 18.2 Å². The summed E-state index contributed by atoms with van der Waals surface area (Å²) >= 11 is 1.18. The molecular weight excluding hydrogens is 486 g/mol. The van der Waals surface area contributed by atoms with E-state index >= 15 is 0 Å². The zero-order chi connectivity index (χ0) is 25.0. The molecule has 0 fully saturated rings. The monoisotopic (exact) mass is 511 g/mol. The molecule has 1 amide bonds. The highest BCUT2D eigenvalue weighted by Crippen LogP contribution is 2.26. The van der Waals surface area contributed by atoms with Crippen LogP contribution in [0.5, 0.6) is 0 Å². The number of anilines is 1. The van der Waals surface area contributed by atoms with Crippen LogP contribution < -0.4 is 10.9 Å². The Balaban J connectivity index is 1.50. The van der Waals surface area contributed by atoms with Crippen molar-refractivity contribution in [3.63, 3.8) is 0 Å². The average molecular weight is 512 g/mol. The Hall–Kier alpha value is -3.34. The minimum absolute atomic E-state index is 0.149. The topological polar surface area (TPSA) is 110 Å². The number of nitrogens with zero attached hydrogens (tertiary/aromatic N) is 2. The summed E-state index contributed by atoms with van der Waals surface area (Å²) in [7, 11) is -3.62. The Bertz CT molecular complexity index is 1500. The van der Waals surface area contributed by atoms with Gasteiger partial charge in [0, 0.05) is 29.4 Å². The van der Waals surface area contributed by atoms with Crippen LogP contribution in [0.2, 0.25) is 0 Å². The third-order valence-corrected chi connectivity index (χ3v) is 8.01. The van der Waals surface area contributed by atoms with Crippen LogP contribution in [0.15, 0.2) is 74.1 Å². The number of nitrogens with one attached hydrogen (secondary N) is 1.